The minimum Gasteiger partial charge on any atom is -0.459 e. The molecule has 2 N–H and O–H groups in total. The van der Waals surface area contributed by atoms with E-state index in [4.69, 9.17) is 4.84 Å². The largest absolute Gasteiger partial charge is 0.459 e. The number of nitrogens with zero attached hydrogens (tertiary/aromatic N) is 1. The SMILES string of the molecule is C=C(C)C(=O)OCCOn1c(=O)[nH]c(=O)[nH]c1=O. The van der Waals surface area contributed by atoms with Gasteiger partial charge in [0.2, 0.25) is 0 Å². The third-order valence-electron chi connectivity index (χ3n) is 1.70. The van der Waals surface area contributed by atoms with Crippen molar-refractivity contribution in [3.05, 3.63) is 43.6 Å². The Morgan fingerprint density at radius 1 is 1.22 bits per heavy atom. The van der Waals surface area contributed by atoms with Crippen LogP contribution in [0.5, 0.6) is 0 Å². The summed E-state index contributed by atoms with van der Waals surface area (Å²) in [4.78, 5) is 52.3. The van der Waals surface area contributed by atoms with Gasteiger partial charge in [0.1, 0.15) is 13.2 Å². The van der Waals surface area contributed by atoms with Gasteiger partial charge in [0.15, 0.2) is 0 Å². The molecule has 1 aromatic rings. The highest BCUT2D eigenvalue weighted by Crippen LogP contribution is 1.90. The number of ether oxygens (including phenoxy) is 1. The normalized spacial score (nSPS) is 9.83. The number of esters is 1. The number of hydrogen-bond donors (Lipinski definition) is 2. The summed E-state index contributed by atoms with van der Waals surface area (Å²) >= 11 is 0. The zero-order valence-electron chi connectivity index (χ0n) is 9.52. The molecule has 0 fully saturated rings. The number of aromatic amines is 2. The summed E-state index contributed by atoms with van der Waals surface area (Å²) in [5.41, 5.74) is -2.75. The van der Waals surface area contributed by atoms with Crippen LogP contribution < -0.4 is 21.9 Å². The Balaban J connectivity index is 2.58. The second-order valence-electron chi connectivity index (χ2n) is 3.23. The molecule has 98 valence electrons. The molecule has 0 saturated carbocycles. The highest BCUT2D eigenvalue weighted by atomic mass is 16.7. The fraction of sp³-hybridized carbons (Fsp3) is 0.333. The van der Waals surface area contributed by atoms with E-state index in [2.05, 4.69) is 11.3 Å². The molecular weight excluding hydrogens is 246 g/mol. The zero-order chi connectivity index (χ0) is 13.7. The predicted octanol–water partition coefficient (Wildman–Crippen LogP) is -2.23. The maximum atomic E-state index is 11.1. The summed E-state index contributed by atoms with van der Waals surface area (Å²) in [6, 6.07) is 0. The summed E-state index contributed by atoms with van der Waals surface area (Å²) < 4.78 is 4.98. The maximum absolute atomic E-state index is 11.1. The van der Waals surface area contributed by atoms with Crippen LogP contribution in [0.1, 0.15) is 6.92 Å². The number of hydrogen-bond acceptors (Lipinski definition) is 6. The first kappa shape index (κ1) is 13.5. The van der Waals surface area contributed by atoms with E-state index in [-0.39, 0.29) is 18.8 Å². The molecule has 0 aliphatic heterocycles. The first-order chi connectivity index (χ1) is 8.41. The molecule has 0 radical (unpaired) electrons. The van der Waals surface area contributed by atoms with E-state index >= 15 is 0 Å². The molecule has 18 heavy (non-hydrogen) atoms. The summed E-state index contributed by atoms with van der Waals surface area (Å²) in [5.74, 6) is -0.610. The fourth-order valence-corrected chi connectivity index (χ4v) is 0.923. The highest BCUT2D eigenvalue weighted by molar-refractivity contribution is 5.86. The molecule has 1 rings (SSSR count). The van der Waals surface area contributed by atoms with Gasteiger partial charge in [-0.1, -0.05) is 11.3 Å². The van der Waals surface area contributed by atoms with Crippen LogP contribution in [0.25, 0.3) is 0 Å². The molecule has 1 heterocycles. The average molecular weight is 257 g/mol. The van der Waals surface area contributed by atoms with E-state index < -0.39 is 23.0 Å². The Hall–Kier alpha value is -2.58. The van der Waals surface area contributed by atoms with Crippen LogP contribution in [0.15, 0.2) is 26.5 Å². The second-order valence-corrected chi connectivity index (χ2v) is 3.23. The molecule has 0 amide bonds. The molecule has 9 heteroatoms. The minimum atomic E-state index is -1.02. The zero-order valence-corrected chi connectivity index (χ0v) is 9.52. The third kappa shape index (κ3) is 3.47. The summed E-state index contributed by atoms with van der Waals surface area (Å²) in [5, 5.41) is 0. The number of carbonyl (C=O) groups excluding carboxylic acids is 1. The van der Waals surface area contributed by atoms with Crippen molar-refractivity contribution >= 4 is 5.97 Å². The lowest BCUT2D eigenvalue weighted by atomic mass is 10.4. The maximum Gasteiger partial charge on any atom is 0.367 e. The Labute approximate surface area is 99.6 Å². The number of carbonyl (C=O) groups is 1. The monoisotopic (exact) mass is 257 g/mol. The van der Waals surface area contributed by atoms with E-state index in [9.17, 15) is 19.2 Å². The van der Waals surface area contributed by atoms with Crippen LogP contribution >= 0.6 is 0 Å². The molecule has 0 aliphatic carbocycles. The van der Waals surface area contributed by atoms with Gasteiger partial charge in [0.05, 0.1) is 0 Å². The lowest BCUT2D eigenvalue weighted by Gasteiger charge is -2.06. The van der Waals surface area contributed by atoms with E-state index in [1.807, 2.05) is 0 Å². The van der Waals surface area contributed by atoms with E-state index in [0.29, 0.717) is 4.73 Å². The lowest BCUT2D eigenvalue weighted by molar-refractivity contribution is -0.140. The summed E-state index contributed by atoms with van der Waals surface area (Å²) in [6.07, 6.45) is 0. The molecule has 0 saturated heterocycles. The van der Waals surface area contributed by atoms with Crippen molar-refractivity contribution in [2.45, 2.75) is 6.92 Å². The van der Waals surface area contributed by atoms with Crippen molar-refractivity contribution < 1.29 is 14.4 Å². The summed E-state index contributed by atoms with van der Waals surface area (Å²) in [6.45, 7) is 4.44. The number of rotatable bonds is 5. The van der Waals surface area contributed by atoms with Crippen molar-refractivity contribution in [3.8, 4) is 0 Å². The Morgan fingerprint density at radius 2 is 1.78 bits per heavy atom. The Bertz CT molecular complexity index is 588. The van der Waals surface area contributed by atoms with Gasteiger partial charge in [-0.15, -0.1) is 0 Å². The fourth-order valence-electron chi connectivity index (χ4n) is 0.923. The number of H-pyrrole nitrogens is 2. The van der Waals surface area contributed by atoms with Crippen molar-refractivity contribution in [1.82, 2.24) is 14.7 Å². The number of aromatic nitrogens is 3. The molecular formula is C9H11N3O6. The highest BCUT2D eigenvalue weighted by Gasteiger charge is 2.05. The van der Waals surface area contributed by atoms with Crippen LogP contribution in [-0.4, -0.2) is 33.9 Å². The standard InChI is InChI=1S/C9H11N3O6/c1-5(2)6(13)17-3-4-18-12-8(15)10-7(14)11-9(12)16/h1,3-4H2,2H3,(H2,10,11,14,15,16). The van der Waals surface area contributed by atoms with Gasteiger partial charge in [-0.3, -0.25) is 9.97 Å². The van der Waals surface area contributed by atoms with Crippen LogP contribution in [0.4, 0.5) is 0 Å². The van der Waals surface area contributed by atoms with E-state index in [1.165, 1.54) is 6.92 Å². The van der Waals surface area contributed by atoms with Crippen LogP contribution in [-0.2, 0) is 9.53 Å². The number of nitrogens with one attached hydrogen (secondary N) is 2. The van der Waals surface area contributed by atoms with Gasteiger partial charge in [0.25, 0.3) is 0 Å². The molecule has 0 unspecified atom stereocenters. The van der Waals surface area contributed by atoms with Gasteiger partial charge in [-0.25, -0.2) is 19.2 Å². The minimum absolute atomic E-state index is 0.170. The van der Waals surface area contributed by atoms with Crippen molar-refractivity contribution in [2.24, 2.45) is 0 Å². The lowest BCUT2D eigenvalue weighted by Crippen LogP contribution is -2.47. The van der Waals surface area contributed by atoms with Crippen LogP contribution in [0.3, 0.4) is 0 Å². The van der Waals surface area contributed by atoms with Crippen molar-refractivity contribution in [1.29, 1.82) is 0 Å². The van der Waals surface area contributed by atoms with Crippen molar-refractivity contribution in [3.63, 3.8) is 0 Å². The van der Waals surface area contributed by atoms with E-state index in [1.54, 1.807) is 9.97 Å². The van der Waals surface area contributed by atoms with Crippen LogP contribution in [0.2, 0.25) is 0 Å². The molecule has 0 aliphatic rings. The van der Waals surface area contributed by atoms with Gasteiger partial charge in [-0.05, 0) is 6.92 Å². The van der Waals surface area contributed by atoms with Crippen LogP contribution in [0, 0.1) is 0 Å². The topological polar surface area (TPSA) is 123 Å². The average Bonchev–Trinajstić information content (AvgIpc) is 2.26. The Morgan fingerprint density at radius 3 is 2.28 bits per heavy atom. The van der Waals surface area contributed by atoms with Gasteiger partial charge < -0.3 is 9.57 Å². The molecule has 1 aromatic heterocycles. The smallest absolute Gasteiger partial charge is 0.367 e. The Kier molecular flexibility index (Phi) is 4.24. The molecule has 0 aromatic carbocycles. The second kappa shape index (κ2) is 5.66. The molecule has 0 spiro atoms. The van der Waals surface area contributed by atoms with Crippen molar-refractivity contribution in [2.75, 3.05) is 13.2 Å². The third-order valence-corrected chi connectivity index (χ3v) is 1.70. The van der Waals surface area contributed by atoms with Gasteiger partial charge >= 0.3 is 23.0 Å². The molecule has 9 nitrogen and oxygen atoms in total. The first-order valence-electron chi connectivity index (χ1n) is 4.83. The van der Waals surface area contributed by atoms with Gasteiger partial charge in [-0.2, -0.15) is 0 Å². The molecule has 0 bridgehead atoms. The predicted molar refractivity (Wildman–Crippen MR) is 59.2 cm³/mol. The van der Waals surface area contributed by atoms with Gasteiger partial charge in [0, 0.05) is 5.57 Å². The quantitative estimate of drug-likeness (QED) is 0.349. The summed E-state index contributed by atoms with van der Waals surface area (Å²) in [7, 11) is 0. The molecule has 0 atom stereocenters. The van der Waals surface area contributed by atoms with E-state index in [0.717, 1.165) is 0 Å². The first-order valence-corrected chi connectivity index (χ1v) is 4.83.